The standard InChI is InChI=1S/C8H10O4/c1-5-4-11-8(10)3-7(5)12-6(2)9/h7H,1,3-4H2,2H3. The molecule has 1 saturated heterocycles. The minimum atomic E-state index is -0.497. The molecule has 1 heterocycles. The minimum absolute atomic E-state index is 0.0818. The molecule has 4 heteroatoms. The van der Waals surface area contributed by atoms with Gasteiger partial charge >= 0.3 is 11.9 Å². The molecule has 0 bridgehead atoms. The third-order valence-electron chi connectivity index (χ3n) is 1.53. The number of ether oxygens (including phenoxy) is 2. The van der Waals surface area contributed by atoms with Gasteiger partial charge in [-0.15, -0.1) is 0 Å². The van der Waals surface area contributed by atoms with Gasteiger partial charge in [0, 0.05) is 12.5 Å². The van der Waals surface area contributed by atoms with Crippen molar-refractivity contribution in [3.8, 4) is 0 Å². The molecule has 1 unspecified atom stereocenters. The first-order valence-corrected chi connectivity index (χ1v) is 3.60. The predicted octanol–water partition coefficient (Wildman–Crippen LogP) is 0.421. The Morgan fingerprint density at radius 2 is 2.42 bits per heavy atom. The molecule has 0 radical (unpaired) electrons. The maximum absolute atomic E-state index is 10.7. The van der Waals surface area contributed by atoms with Crippen LogP contribution in [0.1, 0.15) is 13.3 Å². The summed E-state index contributed by atoms with van der Waals surface area (Å²) in [4.78, 5) is 21.3. The molecule has 1 aliphatic rings. The van der Waals surface area contributed by atoms with E-state index in [1.807, 2.05) is 0 Å². The lowest BCUT2D eigenvalue weighted by atomic mass is 10.1. The summed E-state index contributed by atoms with van der Waals surface area (Å²) in [5, 5.41) is 0. The Morgan fingerprint density at radius 3 is 3.00 bits per heavy atom. The van der Waals surface area contributed by atoms with Crippen molar-refractivity contribution in [2.45, 2.75) is 19.4 Å². The maximum atomic E-state index is 10.7. The molecule has 0 aromatic rings. The molecule has 1 atom stereocenters. The van der Waals surface area contributed by atoms with Gasteiger partial charge in [-0.2, -0.15) is 0 Å². The summed E-state index contributed by atoms with van der Waals surface area (Å²) in [5.74, 6) is -0.760. The number of hydrogen-bond donors (Lipinski definition) is 0. The fraction of sp³-hybridized carbons (Fsp3) is 0.500. The van der Waals surface area contributed by atoms with Crippen LogP contribution >= 0.6 is 0 Å². The molecule has 1 fully saturated rings. The Hall–Kier alpha value is -1.32. The average molecular weight is 170 g/mol. The first-order chi connectivity index (χ1) is 5.59. The Labute approximate surface area is 70.1 Å². The van der Waals surface area contributed by atoms with Crippen LogP contribution in [0.4, 0.5) is 0 Å². The zero-order valence-corrected chi connectivity index (χ0v) is 6.83. The molecule has 1 aliphatic heterocycles. The van der Waals surface area contributed by atoms with E-state index < -0.39 is 12.1 Å². The number of esters is 2. The second-order valence-corrected chi connectivity index (χ2v) is 2.62. The first-order valence-electron chi connectivity index (χ1n) is 3.60. The SMILES string of the molecule is C=C1COC(=O)CC1OC(C)=O. The van der Waals surface area contributed by atoms with Gasteiger partial charge < -0.3 is 9.47 Å². The summed E-state index contributed by atoms with van der Waals surface area (Å²) in [6, 6.07) is 0. The van der Waals surface area contributed by atoms with E-state index in [4.69, 9.17) is 4.74 Å². The Kier molecular flexibility index (Phi) is 2.47. The van der Waals surface area contributed by atoms with E-state index in [2.05, 4.69) is 11.3 Å². The van der Waals surface area contributed by atoms with Crippen LogP contribution in [0.5, 0.6) is 0 Å². The van der Waals surface area contributed by atoms with Crippen molar-refractivity contribution in [3.05, 3.63) is 12.2 Å². The third kappa shape index (κ3) is 2.08. The van der Waals surface area contributed by atoms with Gasteiger partial charge in [-0.05, 0) is 0 Å². The van der Waals surface area contributed by atoms with E-state index in [1.54, 1.807) is 0 Å². The maximum Gasteiger partial charge on any atom is 0.310 e. The van der Waals surface area contributed by atoms with E-state index in [1.165, 1.54) is 6.92 Å². The minimum Gasteiger partial charge on any atom is -0.461 e. The largest absolute Gasteiger partial charge is 0.461 e. The Bertz CT molecular complexity index is 229. The number of cyclic esters (lactones) is 1. The summed E-state index contributed by atoms with van der Waals surface area (Å²) in [6.45, 7) is 5.08. The molecule has 0 N–H and O–H groups in total. The highest BCUT2D eigenvalue weighted by Crippen LogP contribution is 2.16. The van der Waals surface area contributed by atoms with Gasteiger partial charge in [0.25, 0.3) is 0 Å². The lowest BCUT2D eigenvalue weighted by molar-refractivity contribution is -0.155. The van der Waals surface area contributed by atoms with E-state index in [9.17, 15) is 9.59 Å². The molecule has 0 aromatic heterocycles. The number of rotatable bonds is 1. The van der Waals surface area contributed by atoms with Crippen LogP contribution < -0.4 is 0 Å². The smallest absolute Gasteiger partial charge is 0.310 e. The van der Waals surface area contributed by atoms with Gasteiger partial charge in [0.2, 0.25) is 0 Å². The lowest BCUT2D eigenvalue weighted by Crippen LogP contribution is -2.30. The summed E-state index contributed by atoms with van der Waals surface area (Å²) < 4.78 is 9.51. The zero-order chi connectivity index (χ0) is 9.14. The van der Waals surface area contributed by atoms with Crippen LogP contribution in [0.15, 0.2) is 12.2 Å². The quantitative estimate of drug-likeness (QED) is 0.422. The molecule has 1 rings (SSSR count). The number of hydrogen-bond acceptors (Lipinski definition) is 4. The average Bonchev–Trinajstić information content (AvgIpc) is 1.96. The number of carbonyl (C=O) groups is 2. The second kappa shape index (κ2) is 3.38. The highest BCUT2D eigenvalue weighted by Gasteiger charge is 2.26. The van der Waals surface area contributed by atoms with Gasteiger partial charge in [0.05, 0.1) is 6.42 Å². The molecule has 0 amide bonds. The van der Waals surface area contributed by atoms with Crippen LogP contribution in [0, 0.1) is 0 Å². The van der Waals surface area contributed by atoms with Gasteiger partial charge in [-0.3, -0.25) is 9.59 Å². The van der Waals surface area contributed by atoms with E-state index in [0.717, 1.165) is 0 Å². The van der Waals surface area contributed by atoms with E-state index in [0.29, 0.717) is 5.57 Å². The highest BCUT2D eigenvalue weighted by atomic mass is 16.6. The van der Waals surface area contributed by atoms with Crippen molar-refractivity contribution in [1.82, 2.24) is 0 Å². The van der Waals surface area contributed by atoms with Crippen LogP contribution in [-0.4, -0.2) is 24.6 Å². The summed E-state index contributed by atoms with van der Waals surface area (Å²) in [5.41, 5.74) is 0.629. The van der Waals surface area contributed by atoms with Crippen LogP contribution in [-0.2, 0) is 19.1 Å². The van der Waals surface area contributed by atoms with Gasteiger partial charge in [0.1, 0.15) is 12.7 Å². The van der Waals surface area contributed by atoms with Crippen LogP contribution in [0.3, 0.4) is 0 Å². The van der Waals surface area contributed by atoms with E-state index >= 15 is 0 Å². The molecule has 0 aromatic carbocycles. The third-order valence-corrected chi connectivity index (χ3v) is 1.53. The lowest BCUT2D eigenvalue weighted by Gasteiger charge is -2.23. The van der Waals surface area contributed by atoms with Gasteiger partial charge in [0.15, 0.2) is 0 Å². The monoisotopic (exact) mass is 170 g/mol. The predicted molar refractivity (Wildman–Crippen MR) is 40.3 cm³/mol. The zero-order valence-electron chi connectivity index (χ0n) is 6.83. The van der Waals surface area contributed by atoms with Crippen LogP contribution in [0.25, 0.3) is 0 Å². The summed E-state index contributed by atoms with van der Waals surface area (Å²) >= 11 is 0. The molecule has 0 aliphatic carbocycles. The van der Waals surface area contributed by atoms with E-state index in [-0.39, 0.29) is 19.0 Å². The van der Waals surface area contributed by atoms with Crippen molar-refractivity contribution in [1.29, 1.82) is 0 Å². The Morgan fingerprint density at radius 1 is 1.75 bits per heavy atom. The molecule has 12 heavy (non-hydrogen) atoms. The molecule has 0 saturated carbocycles. The van der Waals surface area contributed by atoms with Gasteiger partial charge in [-0.1, -0.05) is 6.58 Å². The van der Waals surface area contributed by atoms with Crippen molar-refractivity contribution in [2.24, 2.45) is 0 Å². The summed E-state index contributed by atoms with van der Waals surface area (Å²) in [7, 11) is 0. The highest BCUT2D eigenvalue weighted by molar-refractivity contribution is 5.73. The summed E-state index contributed by atoms with van der Waals surface area (Å²) in [6.07, 6.45) is -0.415. The molecule has 66 valence electrons. The fourth-order valence-electron chi connectivity index (χ4n) is 0.946. The van der Waals surface area contributed by atoms with Crippen molar-refractivity contribution < 1.29 is 19.1 Å². The van der Waals surface area contributed by atoms with Crippen LogP contribution in [0.2, 0.25) is 0 Å². The first kappa shape index (κ1) is 8.77. The molecule has 4 nitrogen and oxygen atoms in total. The van der Waals surface area contributed by atoms with Crippen molar-refractivity contribution in [2.75, 3.05) is 6.61 Å². The van der Waals surface area contributed by atoms with Gasteiger partial charge in [-0.25, -0.2) is 0 Å². The van der Waals surface area contributed by atoms with Crippen molar-refractivity contribution in [3.63, 3.8) is 0 Å². The topological polar surface area (TPSA) is 52.6 Å². The second-order valence-electron chi connectivity index (χ2n) is 2.62. The molecule has 0 spiro atoms. The molecular weight excluding hydrogens is 160 g/mol. The van der Waals surface area contributed by atoms with Crippen molar-refractivity contribution >= 4 is 11.9 Å². The Balaban J connectivity index is 2.55. The normalized spacial score (nSPS) is 23.2. The fourth-order valence-corrected chi connectivity index (χ4v) is 0.946. The molecular formula is C8H10O4. The number of carbonyl (C=O) groups excluding carboxylic acids is 2.